The maximum atomic E-state index is 12.0. The molecule has 0 saturated heterocycles. The lowest BCUT2D eigenvalue weighted by atomic mass is 10.2. The molecular weight excluding hydrogens is 232 g/mol. The van der Waals surface area contributed by atoms with Gasteiger partial charge in [0.1, 0.15) is 11.6 Å². The number of rotatable bonds is 2. The predicted octanol–water partition coefficient (Wildman–Crippen LogP) is 0.586. The monoisotopic (exact) mass is 244 g/mol. The van der Waals surface area contributed by atoms with Crippen LogP contribution in [0, 0.1) is 18.3 Å². The first-order valence-electron chi connectivity index (χ1n) is 5.26. The number of aromatic nitrogens is 4. The van der Waals surface area contributed by atoms with Gasteiger partial charge < -0.3 is 5.32 Å². The third-order valence-corrected chi connectivity index (χ3v) is 2.44. The van der Waals surface area contributed by atoms with Crippen LogP contribution < -0.4 is 5.32 Å². The smallest absolute Gasteiger partial charge is 0.260 e. The highest BCUT2D eigenvalue weighted by molar-refractivity contribution is 6.04. The van der Waals surface area contributed by atoms with Gasteiger partial charge >= 0.3 is 0 Å². The number of hydrogen-bond acceptors (Lipinski definition) is 4. The number of carbonyl (C=O) groups is 1. The van der Waals surface area contributed by atoms with Gasteiger partial charge in [-0.05, 0) is 6.92 Å². The van der Waals surface area contributed by atoms with Crippen LogP contribution in [0.2, 0.25) is 0 Å². The standard InChI is InChI=1S/C11H12N6O/c1-7-9(6-17(3)14-7)11(18)13-10-8(4-12)5-16(2)15-10/h5-6H,1-3H3,(H,13,15,18). The van der Waals surface area contributed by atoms with Crippen LogP contribution in [0.1, 0.15) is 21.6 Å². The normalized spacial score (nSPS) is 10.1. The number of nitrogens with one attached hydrogen (secondary N) is 1. The van der Waals surface area contributed by atoms with E-state index in [4.69, 9.17) is 5.26 Å². The zero-order valence-electron chi connectivity index (χ0n) is 10.3. The van der Waals surface area contributed by atoms with Crippen LogP contribution in [0.25, 0.3) is 0 Å². The summed E-state index contributed by atoms with van der Waals surface area (Å²) in [6.45, 7) is 1.75. The summed E-state index contributed by atoms with van der Waals surface area (Å²) in [4.78, 5) is 12.0. The van der Waals surface area contributed by atoms with Gasteiger partial charge in [-0.2, -0.15) is 15.5 Å². The molecule has 2 heterocycles. The van der Waals surface area contributed by atoms with E-state index < -0.39 is 0 Å². The summed E-state index contributed by atoms with van der Waals surface area (Å²) < 4.78 is 3.04. The SMILES string of the molecule is Cc1nn(C)cc1C(=O)Nc1nn(C)cc1C#N. The number of anilines is 1. The molecule has 0 radical (unpaired) electrons. The zero-order valence-corrected chi connectivity index (χ0v) is 10.3. The Balaban J connectivity index is 2.27. The number of amides is 1. The molecule has 2 aromatic rings. The minimum absolute atomic E-state index is 0.258. The van der Waals surface area contributed by atoms with Crippen molar-refractivity contribution >= 4 is 11.7 Å². The van der Waals surface area contributed by atoms with Crippen molar-refractivity contribution in [2.45, 2.75) is 6.92 Å². The number of nitrogens with zero attached hydrogens (tertiary/aromatic N) is 5. The van der Waals surface area contributed by atoms with Crippen LogP contribution in [0.15, 0.2) is 12.4 Å². The van der Waals surface area contributed by atoms with Gasteiger partial charge in [-0.15, -0.1) is 0 Å². The van der Waals surface area contributed by atoms with Crippen molar-refractivity contribution in [1.29, 1.82) is 5.26 Å². The second-order valence-electron chi connectivity index (χ2n) is 3.93. The zero-order chi connectivity index (χ0) is 13.3. The van der Waals surface area contributed by atoms with Crippen molar-refractivity contribution in [2.24, 2.45) is 14.1 Å². The average molecular weight is 244 g/mol. The van der Waals surface area contributed by atoms with Crippen LogP contribution in [0.4, 0.5) is 5.82 Å². The van der Waals surface area contributed by atoms with Crippen molar-refractivity contribution in [3.05, 3.63) is 29.2 Å². The molecule has 0 bridgehead atoms. The fraction of sp³-hybridized carbons (Fsp3) is 0.273. The van der Waals surface area contributed by atoms with Gasteiger partial charge in [-0.25, -0.2) is 0 Å². The van der Waals surface area contributed by atoms with E-state index in [-0.39, 0.29) is 11.7 Å². The van der Waals surface area contributed by atoms with Gasteiger partial charge in [0, 0.05) is 26.5 Å². The van der Waals surface area contributed by atoms with Crippen molar-refractivity contribution in [3.63, 3.8) is 0 Å². The fourth-order valence-corrected chi connectivity index (χ4v) is 1.66. The summed E-state index contributed by atoms with van der Waals surface area (Å²) in [6, 6.07) is 1.97. The highest BCUT2D eigenvalue weighted by Gasteiger charge is 2.16. The Morgan fingerprint density at radius 1 is 1.33 bits per heavy atom. The highest BCUT2D eigenvalue weighted by Crippen LogP contribution is 2.13. The van der Waals surface area contributed by atoms with Gasteiger partial charge in [-0.1, -0.05) is 0 Å². The summed E-state index contributed by atoms with van der Waals surface area (Å²) in [5.41, 5.74) is 1.42. The van der Waals surface area contributed by atoms with Crippen LogP contribution in [-0.2, 0) is 14.1 Å². The van der Waals surface area contributed by atoms with Crippen molar-refractivity contribution in [1.82, 2.24) is 19.6 Å². The molecule has 18 heavy (non-hydrogen) atoms. The quantitative estimate of drug-likeness (QED) is 0.837. The molecule has 2 aromatic heterocycles. The summed E-state index contributed by atoms with van der Waals surface area (Å²) in [5.74, 6) is -0.0657. The Hall–Kier alpha value is -2.62. The fourth-order valence-electron chi connectivity index (χ4n) is 1.66. The topological polar surface area (TPSA) is 88.5 Å². The molecule has 7 heteroatoms. The van der Waals surface area contributed by atoms with E-state index in [2.05, 4.69) is 15.5 Å². The average Bonchev–Trinajstić information content (AvgIpc) is 2.81. The molecular formula is C11H12N6O. The predicted molar refractivity (Wildman–Crippen MR) is 63.8 cm³/mol. The molecule has 0 aromatic carbocycles. The molecule has 0 unspecified atom stereocenters. The Morgan fingerprint density at radius 3 is 2.56 bits per heavy atom. The van der Waals surface area contributed by atoms with E-state index in [9.17, 15) is 4.79 Å². The molecule has 0 spiro atoms. The molecule has 1 N–H and O–H groups in total. The molecule has 0 aliphatic heterocycles. The van der Waals surface area contributed by atoms with Crippen molar-refractivity contribution in [2.75, 3.05) is 5.32 Å². The first-order chi connectivity index (χ1) is 8.51. The second kappa shape index (κ2) is 4.33. The Labute approximate surface area is 104 Å². The Kier molecular flexibility index (Phi) is 2.85. The van der Waals surface area contributed by atoms with Crippen LogP contribution in [-0.4, -0.2) is 25.5 Å². The van der Waals surface area contributed by atoms with Crippen molar-refractivity contribution < 1.29 is 4.79 Å². The lowest BCUT2D eigenvalue weighted by Crippen LogP contribution is -2.13. The van der Waals surface area contributed by atoms with Gasteiger partial charge in [0.15, 0.2) is 5.82 Å². The lowest BCUT2D eigenvalue weighted by molar-refractivity contribution is 0.102. The van der Waals surface area contributed by atoms with Gasteiger partial charge in [0.2, 0.25) is 0 Å². The third kappa shape index (κ3) is 2.08. The van der Waals surface area contributed by atoms with Crippen LogP contribution >= 0.6 is 0 Å². The van der Waals surface area contributed by atoms with E-state index in [1.807, 2.05) is 6.07 Å². The van der Waals surface area contributed by atoms with Gasteiger partial charge in [0.05, 0.1) is 11.3 Å². The molecule has 0 saturated carbocycles. The maximum Gasteiger partial charge on any atom is 0.260 e. The summed E-state index contributed by atoms with van der Waals surface area (Å²) >= 11 is 0. The third-order valence-electron chi connectivity index (χ3n) is 2.44. The molecule has 0 aliphatic rings. The van der Waals surface area contributed by atoms with Crippen molar-refractivity contribution in [3.8, 4) is 6.07 Å². The van der Waals surface area contributed by atoms with E-state index >= 15 is 0 Å². The maximum absolute atomic E-state index is 12.0. The highest BCUT2D eigenvalue weighted by atomic mass is 16.1. The molecule has 1 amide bonds. The van der Waals surface area contributed by atoms with E-state index in [0.717, 1.165) is 0 Å². The number of carbonyl (C=O) groups excluding carboxylic acids is 1. The number of nitriles is 1. The molecule has 0 atom stereocenters. The number of hydrogen-bond donors (Lipinski definition) is 1. The van der Waals surface area contributed by atoms with E-state index in [1.165, 1.54) is 4.68 Å². The Morgan fingerprint density at radius 2 is 2.00 bits per heavy atom. The van der Waals surface area contributed by atoms with Gasteiger partial charge in [0.25, 0.3) is 5.91 Å². The first kappa shape index (κ1) is 11.9. The lowest BCUT2D eigenvalue weighted by Gasteiger charge is -2.00. The molecule has 2 rings (SSSR count). The Bertz CT molecular complexity index is 645. The molecule has 92 valence electrons. The minimum atomic E-state index is -0.323. The van der Waals surface area contributed by atoms with Crippen LogP contribution in [0.5, 0.6) is 0 Å². The largest absolute Gasteiger partial charge is 0.304 e. The van der Waals surface area contributed by atoms with E-state index in [0.29, 0.717) is 16.8 Å². The summed E-state index contributed by atoms with van der Waals surface area (Å²) in [7, 11) is 3.43. The van der Waals surface area contributed by atoms with Crippen LogP contribution in [0.3, 0.4) is 0 Å². The number of aryl methyl sites for hydroxylation is 3. The minimum Gasteiger partial charge on any atom is -0.304 e. The first-order valence-corrected chi connectivity index (χ1v) is 5.26. The second-order valence-corrected chi connectivity index (χ2v) is 3.93. The molecule has 7 nitrogen and oxygen atoms in total. The summed E-state index contributed by atoms with van der Waals surface area (Å²) in [6.07, 6.45) is 3.17. The van der Waals surface area contributed by atoms with E-state index in [1.54, 1.807) is 38.1 Å². The molecule has 0 fully saturated rings. The summed E-state index contributed by atoms with van der Waals surface area (Å²) in [5, 5.41) is 19.6. The van der Waals surface area contributed by atoms with Gasteiger partial charge in [-0.3, -0.25) is 14.2 Å². The molecule has 0 aliphatic carbocycles.